The van der Waals surface area contributed by atoms with Gasteiger partial charge in [0.15, 0.2) is 0 Å². The first kappa shape index (κ1) is 88.2. The molecule has 0 spiro atoms. The van der Waals surface area contributed by atoms with E-state index in [2.05, 4.69) is 64.5 Å². The van der Waals surface area contributed by atoms with Crippen molar-refractivity contribution in [2.24, 2.45) is 10.8 Å². The molecule has 116 heavy (non-hydrogen) atoms. The number of sulfone groups is 1. The molecule has 1 aliphatic carbocycles. The van der Waals surface area contributed by atoms with E-state index < -0.39 is 103 Å². The Morgan fingerprint density at radius 2 is 1.44 bits per heavy atom. The molecule has 0 bridgehead atoms. The quantitative estimate of drug-likeness (QED) is 0.0273. The Morgan fingerprint density at radius 3 is 2.10 bits per heavy atom. The third kappa shape index (κ3) is 22.3. The topological polar surface area (TPSA) is 284 Å². The summed E-state index contributed by atoms with van der Waals surface area (Å²) < 4.78 is 136. The van der Waals surface area contributed by atoms with Crippen molar-refractivity contribution in [3.05, 3.63) is 160 Å². The SMILES string of the molecule is Cc1ncsc1-c1ccc([C@H](C)NC(=O)[C@@H]2C[C@@H](O)CN2C(=O)[C@@H](NC(=O)CCN2CCC(S(=O)(=O)N3CCN(C[C@]4(C)CCC(c5ccc(Cl)cc5)=C(CN5CCN(c6ccc(C(=O)NS(=O)(=O)c7ccc(N[C@H](CCN8CCCOCC8)CSc8ccccc8)c(S(=O)(=O)C(F)(F)F)c7)cc6)CC5)C4)CC3)CC2)C(C)(C)C)cc1. The van der Waals surface area contributed by atoms with Crippen LogP contribution in [0.1, 0.15) is 126 Å². The van der Waals surface area contributed by atoms with Crippen molar-refractivity contribution in [2.45, 2.75) is 155 Å². The van der Waals surface area contributed by atoms with Crippen LogP contribution in [0.4, 0.5) is 24.5 Å². The maximum absolute atomic E-state index is 14.5. The molecule has 6 heterocycles. The molecule has 6 atom stereocenters. The van der Waals surface area contributed by atoms with Crippen molar-refractivity contribution < 1.29 is 67.4 Å². The molecule has 630 valence electrons. The molecule has 12 rings (SSSR count). The number of sulfonamides is 2. The number of rotatable bonds is 29. The molecule has 5 saturated heterocycles. The first-order valence-corrected chi connectivity index (χ1v) is 46.6. The highest BCUT2D eigenvalue weighted by Crippen LogP contribution is 2.45. The number of thioether (sulfide) groups is 1. The van der Waals surface area contributed by atoms with Gasteiger partial charge in [0.25, 0.3) is 25.8 Å². The van der Waals surface area contributed by atoms with E-state index in [1.807, 2.05) is 106 Å². The lowest BCUT2D eigenvalue weighted by Gasteiger charge is -2.44. The van der Waals surface area contributed by atoms with Crippen LogP contribution >= 0.6 is 34.7 Å². The number of carbonyl (C=O) groups excluding carboxylic acids is 4. The molecular formula is C83H108ClF3N12O12S5. The van der Waals surface area contributed by atoms with Crippen LogP contribution in [0.15, 0.2) is 147 Å². The number of aromatic nitrogens is 1. The number of amides is 4. The van der Waals surface area contributed by atoms with Crippen molar-refractivity contribution in [1.29, 1.82) is 0 Å². The molecule has 5 fully saturated rings. The van der Waals surface area contributed by atoms with Gasteiger partial charge in [-0.1, -0.05) is 99.5 Å². The predicted octanol–water partition coefficient (Wildman–Crippen LogP) is 10.8. The van der Waals surface area contributed by atoms with Crippen molar-refractivity contribution in [2.75, 3.05) is 140 Å². The number of thiazole rings is 1. The summed E-state index contributed by atoms with van der Waals surface area (Å²) in [7, 11) is -14.7. The fraction of sp³-hybridized carbons (Fsp3) is 0.530. The summed E-state index contributed by atoms with van der Waals surface area (Å²) in [5.74, 6) is -1.91. The summed E-state index contributed by atoms with van der Waals surface area (Å²) in [6.45, 7) is 22.2. The Morgan fingerprint density at radius 1 is 0.767 bits per heavy atom. The predicted molar refractivity (Wildman–Crippen MR) is 448 cm³/mol. The normalized spacial score (nSPS) is 21.4. The van der Waals surface area contributed by atoms with Crippen LogP contribution in [0.25, 0.3) is 16.0 Å². The van der Waals surface area contributed by atoms with Gasteiger partial charge in [-0.2, -0.15) is 17.5 Å². The summed E-state index contributed by atoms with van der Waals surface area (Å²) in [5.41, 5.74) is 2.05. The summed E-state index contributed by atoms with van der Waals surface area (Å²) >= 11 is 9.41. The van der Waals surface area contributed by atoms with Crippen LogP contribution in [0.5, 0.6) is 0 Å². The molecule has 5 aromatic carbocycles. The smallest absolute Gasteiger partial charge is 0.391 e. The van der Waals surface area contributed by atoms with Gasteiger partial charge in [0, 0.05) is 151 Å². The third-order valence-electron chi connectivity index (χ3n) is 23.2. The van der Waals surface area contributed by atoms with Crippen LogP contribution in [0, 0.1) is 17.8 Å². The first-order valence-electron chi connectivity index (χ1n) is 39.9. The number of carbonyl (C=O) groups is 4. The van der Waals surface area contributed by atoms with E-state index in [0.717, 1.165) is 95.3 Å². The lowest BCUT2D eigenvalue weighted by Crippen LogP contribution is -2.58. The van der Waals surface area contributed by atoms with E-state index in [9.17, 15) is 62.7 Å². The van der Waals surface area contributed by atoms with E-state index in [-0.39, 0.29) is 42.3 Å². The number of alkyl halides is 3. The fourth-order valence-corrected chi connectivity index (χ4v) is 22.4. The van der Waals surface area contributed by atoms with Gasteiger partial charge >= 0.3 is 5.51 Å². The molecule has 1 aromatic heterocycles. The number of nitrogens with one attached hydrogen (secondary N) is 4. The van der Waals surface area contributed by atoms with Crippen LogP contribution in [0.2, 0.25) is 5.02 Å². The lowest BCUT2D eigenvalue weighted by molar-refractivity contribution is -0.144. The minimum Gasteiger partial charge on any atom is -0.391 e. The van der Waals surface area contributed by atoms with Gasteiger partial charge in [-0.15, -0.1) is 23.1 Å². The molecule has 6 aliphatic rings. The number of anilines is 2. The Balaban J connectivity index is 0.601. The zero-order chi connectivity index (χ0) is 82.9. The molecule has 0 unspecified atom stereocenters. The number of aliphatic hydroxyl groups is 1. The molecule has 24 nitrogen and oxygen atoms in total. The maximum Gasteiger partial charge on any atom is 0.501 e. The first-order chi connectivity index (χ1) is 55.1. The van der Waals surface area contributed by atoms with Crippen LogP contribution in [0.3, 0.4) is 0 Å². The molecule has 0 saturated carbocycles. The van der Waals surface area contributed by atoms with Gasteiger partial charge in [-0.25, -0.2) is 35.0 Å². The second-order valence-electron chi connectivity index (χ2n) is 32.9. The van der Waals surface area contributed by atoms with Gasteiger partial charge in [0.1, 0.15) is 17.0 Å². The highest BCUT2D eigenvalue weighted by molar-refractivity contribution is 7.99. The maximum atomic E-state index is 14.5. The Bertz CT molecular complexity index is 4790. The fourth-order valence-electron chi connectivity index (χ4n) is 16.6. The summed E-state index contributed by atoms with van der Waals surface area (Å²) in [6, 6.07) is 31.1. The number of hydrogen-bond acceptors (Lipinski definition) is 21. The molecule has 33 heteroatoms. The summed E-state index contributed by atoms with van der Waals surface area (Å²) in [5, 5.41) is 20.0. The molecular weight excluding hydrogens is 1610 g/mol. The summed E-state index contributed by atoms with van der Waals surface area (Å²) in [6.07, 6.45) is 3.87. The van der Waals surface area contributed by atoms with E-state index in [0.29, 0.717) is 134 Å². The third-order valence-corrected chi connectivity index (χ3v) is 30.9. The van der Waals surface area contributed by atoms with Gasteiger partial charge in [-0.05, 0) is 172 Å². The van der Waals surface area contributed by atoms with Gasteiger partial charge in [0.05, 0.1) is 50.7 Å². The minimum absolute atomic E-state index is 0.0496. The van der Waals surface area contributed by atoms with E-state index in [1.165, 1.54) is 39.9 Å². The van der Waals surface area contributed by atoms with Gasteiger partial charge in [0.2, 0.25) is 27.7 Å². The number of benzene rings is 5. The molecule has 0 radical (unpaired) electrons. The average Bonchev–Trinajstić information content (AvgIpc) is 0.955. The molecule has 6 aromatic rings. The minimum atomic E-state index is -6.12. The monoisotopic (exact) mass is 1720 g/mol. The number of piperidine rings is 1. The number of β-amino-alcohol motifs (C(OH)–C–C–N with tert-alkyl or cyclic N) is 1. The number of nitrogens with zero attached hydrogens (tertiary/aromatic N) is 8. The largest absolute Gasteiger partial charge is 0.501 e. The van der Waals surface area contributed by atoms with Crippen LogP contribution in [-0.2, 0) is 49.0 Å². The number of allylic oxidation sites excluding steroid dienone is 1. The van der Waals surface area contributed by atoms with Crippen molar-refractivity contribution in [3.8, 4) is 10.4 Å². The molecule has 5 N–H and O–H groups in total. The lowest BCUT2D eigenvalue weighted by atomic mass is 9.71. The van der Waals surface area contributed by atoms with Crippen LogP contribution < -0.4 is 25.6 Å². The number of ether oxygens (including phenoxy) is 1. The standard InChI is InChI=1S/C83H108ClF3N12O12S5/c1-57(59-13-15-61(16-14-59)76-58(2)88-56-113-76)89-79(103)73-49-67(100)53-99(73)80(104)77(81(3,4)5)91-75(101)31-37-94-35-29-69(30-36-94)116(109,110)98-44-40-96(41-45-98)55-82(6)32-27-71(60-17-21-64(84)22-18-60)63(51-82)52-95-38-42-97(43-39-95)66-23-19-62(20-24-66)78(102)92-115(107,108)70-25-26-72(74(50-70)114(105,106)83(85,86)87)90-65(54-112-68-11-8-7-9-12-68)28-34-93-33-10-47-111-48-46-93/h7-9,11-26,50,56-57,65,67,69,73,77,90,100H,10,27-49,51-55H2,1-6H3,(H,89,103)(H,91,101)(H,92,102)/t57-,65+,67+,73-,77+,82+/m0/s1. The highest BCUT2D eigenvalue weighted by atomic mass is 35.5. The number of aliphatic hydroxyl groups excluding tert-OH is 1. The van der Waals surface area contributed by atoms with Crippen LogP contribution in [-0.4, -0.2) is 253 Å². The van der Waals surface area contributed by atoms with Crippen molar-refractivity contribution in [3.63, 3.8) is 0 Å². The Labute approximate surface area is 693 Å². The number of hydrogen-bond donors (Lipinski definition) is 5. The van der Waals surface area contributed by atoms with E-state index in [4.69, 9.17) is 16.3 Å². The van der Waals surface area contributed by atoms with Crippen molar-refractivity contribution in [1.82, 2.24) is 49.1 Å². The number of piperazine rings is 2. The Kier molecular flexibility index (Phi) is 29.0. The number of halogens is 4. The van der Waals surface area contributed by atoms with Gasteiger partial charge < -0.3 is 50.3 Å². The zero-order valence-corrected chi connectivity index (χ0v) is 71.5. The number of likely N-dealkylation sites (tertiary alicyclic amines) is 2. The second kappa shape index (κ2) is 38.1. The Hall–Kier alpha value is -7.05. The second-order valence-corrected chi connectivity index (χ2v) is 41.1. The van der Waals surface area contributed by atoms with Crippen molar-refractivity contribution >= 4 is 105 Å². The van der Waals surface area contributed by atoms with Gasteiger partial charge in [-0.3, -0.25) is 24.1 Å². The molecule has 4 amide bonds. The highest BCUT2D eigenvalue weighted by Gasteiger charge is 2.50. The van der Waals surface area contributed by atoms with E-state index >= 15 is 0 Å². The number of aryl methyl sites for hydroxylation is 1. The summed E-state index contributed by atoms with van der Waals surface area (Å²) in [4.78, 5) is 72.6. The zero-order valence-electron chi connectivity index (χ0n) is 66.7. The average molecular weight is 1720 g/mol. The van der Waals surface area contributed by atoms with E-state index in [1.54, 1.807) is 33.3 Å². The molecule has 5 aliphatic heterocycles.